The molecule has 1 amide bonds. The van der Waals surface area contributed by atoms with Gasteiger partial charge in [-0.2, -0.15) is 0 Å². The first kappa shape index (κ1) is 12.9. The van der Waals surface area contributed by atoms with Crippen LogP contribution in [0.15, 0.2) is 0 Å². The van der Waals surface area contributed by atoms with Crippen molar-refractivity contribution in [1.82, 2.24) is 5.32 Å². The summed E-state index contributed by atoms with van der Waals surface area (Å²) in [4.78, 5) is 23.4. The Morgan fingerprint density at radius 3 is 2.53 bits per heavy atom. The molecule has 106 valence electrons. The van der Waals surface area contributed by atoms with Crippen molar-refractivity contribution in [3.05, 3.63) is 0 Å². The summed E-state index contributed by atoms with van der Waals surface area (Å²) in [5.74, 6) is -0.197. The minimum absolute atomic E-state index is 0.0197. The molecule has 4 atom stereocenters. The second kappa shape index (κ2) is 3.74. The van der Waals surface area contributed by atoms with Gasteiger partial charge in [-0.3, -0.25) is 9.59 Å². The molecule has 4 bridgehead atoms. The van der Waals surface area contributed by atoms with Crippen LogP contribution >= 0.6 is 0 Å². The molecule has 2 N–H and O–H groups in total. The van der Waals surface area contributed by atoms with Gasteiger partial charge >= 0.3 is 5.97 Å². The highest BCUT2D eigenvalue weighted by molar-refractivity contribution is 5.77. The average molecular weight is 265 g/mol. The highest BCUT2D eigenvalue weighted by Gasteiger charge is 2.65. The predicted molar refractivity (Wildman–Crippen MR) is 70.5 cm³/mol. The van der Waals surface area contributed by atoms with Crippen LogP contribution in [-0.2, 0) is 9.59 Å². The maximum absolute atomic E-state index is 11.8. The quantitative estimate of drug-likeness (QED) is 0.823. The molecule has 19 heavy (non-hydrogen) atoms. The number of carbonyl (C=O) groups excluding carboxylic acids is 1. The van der Waals surface area contributed by atoms with Crippen molar-refractivity contribution < 1.29 is 14.7 Å². The van der Waals surface area contributed by atoms with Crippen LogP contribution in [0, 0.1) is 16.7 Å². The van der Waals surface area contributed by atoms with E-state index in [2.05, 4.69) is 12.2 Å². The van der Waals surface area contributed by atoms with E-state index in [0.29, 0.717) is 12.3 Å². The molecule has 0 radical (unpaired) electrons. The number of amides is 1. The molecule has 4 fully saturated rings. The fourth-order valence-electron chi connectivity index (χ4n) is 5.78. The summed E-state index contributed by atoms with van der Waals surface area (Å²) in [5.41, 5.74) is -0.697. The van der Waals surface area contributed by atoms with E-state index in [1.54, 1.807) is 6.92 Å². The molecule has 0 aromatic heterocycles. The summed E-state index contributed by atoms with van der Waals surface area (Å²) in [6, 6.07) is 0. The summed E-state index contributed by atoms with van der Waals surface area (Å²) in [7, 11) is 0. The molecule has 4 aliphatic rings. The van der Waals surface area contributed by atoms with E-state index >= 15 is 0 Å². The van der Waals surface area contributed by atoms with Gasteiger partial charge in [-0.05, 0) is 49.9 Å². The first-order valence-electron chi connectivity index (χ1n) is 7.35. The maximum atomic E-state index is 11.8. The Morgan fingerprint density at radius 1 is 1.21 bits per heavy atom. The van der Waals surface area contributed by atoms with Gasteiger partial charge in [0.2, 0.25) is 5.91 Å². The lowest BCUT2D eigenvalue weighted by Gasteiger charge is -2.65. The number of carboxylic acid groups (broad SMARTS) is 1. The van der Waals surface area contributed by atoms with Crippen molar-refractivity contribution in [2.24, 2.45) is 16.7 Å². The molecule has 4 nitrogen and oxygen atoms in total. The number of nitrogens with one attached hydrogen (secondary N) is 1. The number of rotatable bonds is 3. The second-order valence-corrected chi connectivity index (χ2v) is 7.41. The molecule has 0 unspecified atom stereocenters. The Hall–Kier alpha value is -1.06. The summed E-state index contributed by atoms with van der Waals surface area (Å²) < 4.78 is 0. The van der Waals surface area contributed by atoms with Crippen LogP contribution in [0.5, 0.6) is 0 Å². The SMILES string of the molecule is CC[C@@]12C[C@H]3C[C@](NC(C)=O)(C1)C[C@](C(=O)O)(C3)C2. The minimum Gasteiger partial charge on any atom is -0.481 e. The first-order chi connectivity index (χ1) is 8.83. The molecule has 0 aromatic carbocycles. The van der Waals surface area contributed by atoms with Crippen LogP contribution < -0.4 is 5.32 Å². The van der Waals surface area contributed by atoms with E-state index in [0.717, 1.165) is 38.5 Å². The highest BCUT2D eigenvalue weighted by atomic mass is 16.4. The molecule has 4 saturated carbocycles. The molecule has 0 heterocycles. The van der Waals surface area contributed by atoms with Gasteiger partial charge in [0.25, 0.3) is 0 Å². The zero-order valence-electron chi connectivity index (χ0n) is 11.8. The molecule has 4 aliphatic carbocycles. The molecule has 0 saturated heterocycles. The van der Waals surface area contributed by atoms with Gasteiger partial charge in [-0.1, -0.05) is 13.3 Å². The Balaban J connectivity index is 2.01. The third kappa shape index (κ3) is 1.79. The van der Waals surface area contributed by atoms with E-state index in [1.165, 1.54) is 0 Å². The van der Waals surface area contributed by atoms with Crippen molar-refractivity contribution in [3.63, 3.8) is 0 Å². The van der Waals surface area contributed by atoms with Gasteiger partial charge in [-0.25, -0.2) is 0 Å². The number of aliphatic carboxylic acids is 1. The fourth-order valence-corrected chi connectivity index (χ4v) is 5.78. The van der Waals surface area contributed by atoms with Crippen LogP contribution in [0.25, 0.3) is 0 Å². The van der Waals surface area contributed by atoms with Crippen molar-refractivity contribution in [1.29, 1.82) is 0 Å². The fraction of sp³-hybridized carbons (Fsp3) is 0.867. The zero-order valence-corrected chi connectivity index (χ0v) is 11.8. The van der Waals surface area contributed by atoms with Crippen molar-refractivity contribution in [2.45, 2.75) is 64.3 Å². The zero-order chi connectivity index (χ0) is 13.9. The van der Waals surface area contributed by atoms with Crippen molar-refractivity contribution in [3.8, 4) is 0 Å². The molecular weight excluding hydrogens is 242 g/mol. The van der Waals surface area contributed by atoms with Crippen LogP contribution in [0.3, 0.4) is 0 Å². The molecule has 0 spiro atoms. The van der Waals surface area contributed by atoms with Gasteiger partial charge < -0.3 is 10.4 Å². The number of hydrogen-bond donors (Lipinski definition) is 2. The topological polar surface area (TPSA) is 66.4 Å². The van der Waals surface area contributed by atoms with E-state index in [9.17, 15) is 14.7 Å². The van der Waals surface area contributed by atoms with Crippen molar-refractivity contribution in [2.75, 3.05) is 0 Å². The van der Waals surface area contributed by atoms with Gasteiger partial charge in [0.1, 0.15) is 0 Å². The van der Waals surface area contributed by atoms with Gasteiger partial charge in [0, 0.05) is 12.5 Å². The number of hydrogen-bond acceptors (Lipinski definition) is 2. The van der Waals surface area contributed by atoms with Crippen molar-refractivity contribution >= 4 is 11.9 Å². The first-order valence-corrected chi connectivity index (χ1v) is 7.35. The lowest BCUT2D eigenvalue weighted by Crippen LogP contribution is -2.67. The Labute approximate surface area is 113 Å². The van der Waals surface area contributed by atoms with Gasteiger partial charge in [0.05, 0.1) is 5.41 Å². The summed E-state index contributed by atoms with van der Waals surface area (Å²) in [6.45, 7) is 3.72. The normalized spacial score (nSPS) is 47.2. The van der Waals surface area contributed by atoms with Crippen LogP contribution in [-0.4, -0.2) is 22.5 Å². The largest absolute Gasteiger partial charge is 0.481 e. The summed E-state index contributed by atoms with van der Waals surface area (Å²) in [5, 5.41) is 12.8. The Morgan fingerprint density at radius 2 is 1.95 bits per heavy atom. The molecule has 4 heteroatoms. The standard InChI is InChI=1S/C15H23NO3/c1-3-13-4-11-5-14(7-13,12(18)19)9-15(6-11,8-13)16-10(2)17/h11H,3-9H2,1-2H3,(H,16,17)(H,18,19)/t11-,13+,14+,15+/m1/s1. The van der Waals surface area contributed by atoms with E-state index < -0.39 is 11.4 Å². The van der Waals surface area contributed by atoms with E-state index in [-0.39, 0.29) is 16.9 Å². The summed E-state index contributed by atoms with van der Waals surface area (Å²) in [6.07, 6.45) is 6.38. The third-order valence-corrected chi connectivity index (χ3v) is 5.83. The number of carboxylic acids is 1. The smallest absolute Gasteiger partial charge is 0.309 e. The van der Waals surface area contributed by atoms with Crippen LogP contribution in [0.4, 0.5) is 0 Å². The number of carbonyl (C=O) groups is 2. The van der Waals surface area contributed by atoms with Crippen LogP contribution in [0.2, 0.25) is 0 Å². The molecular formula is C15H23NO3. The highest BCUT2D eigenvalue weighted by Crippen LogP contribution is 2.67. The van der Waals surface area contributed by atoms with Gasteiger partial charge in [-0.15, -0.1) is 0 Å². The maximum Gasteiger partial charge on any atom is 0.309 e. The second-order valence-electron chi connectivity index (χ2n) is 7.41. The van der Waals surface area contributed by atoms with E-state index in [4.69, 9.17) is 0 Å². The van der Waals surface area contributed by atoms with Gasteiger partial charge in [0.15, 0.2) is 0 Å². The average Bonchev–Trinajstić information content (AvgIpc) is 2.25. The Kier molecular flexibility index (Phi) is 2.55. The lowest BCUT2D eigenvalue weighted by molar-refractivity contribution is -0.182. The molecule has 4 rings (SSSR count). The predicted octanol–water partition coefficient (Wildman–Crippen LogP) is 2.33. The van der Waals surface area contributed by atoms with E-state index in [1.807, 2.05) is 0 Å². The lowest BCUT2D eigenvalue weighted by atomic mass is 9.41. The van der Waals surface area contributed by atoms with Crippen LogP contribution in [0.1, 0.15) is 58.8 Å². The monoisotopic (exact) mass is 265 g/mol. The molecule has 0 aliphatic heterocycles. The Bertz CT molecular complexity index is 449. The minimum atomic E-state index is -0.649. The third-order valence-electron chi connectivity index (χ3n) is 5.83. The summed E-state index contributed by atoms with van der Waals surface area (Å²) >= 11 is 0. The molecule has 0 aromatic rings.